The van der Waals surface area contributed by atoms with Crippen LogP contribution in [0.1, 0.15) is 32.1 Å². The molecule has 19 heavy (non-hydrogen) atoms. The largest absolute Gasteiger partial charge is 0.490 e. The van der Waals surface area contributed by atoms with Gasteiger partial charge in [-0.05, 0) is 31.5 Å². The molecule has 2 N–H and O–H groups in total. The van der Waals surface area contributed by atoms with Crippen LogP contribution < -0.4 is 15.4 Å². The summed E-state index contributed by atoms with van der Waals surface area (Å²) in [6.45, 7) is 1.97. The van der Waals surface area contributed by atoms with Gasteiger partial charge in [-0.3, -0.25) is 4.79 Å². The molecule has 1 amide bonds. The third kappa shape index (κ3) is 3.70. The fourth-order valence-electron chi connectivity index (χ4n) is 2.34. The predicted octanol–water partition coefficient (Wildman–Crippen LogP) is 2.32. The van der Waals surface area contributed by atoms with Gasteiger partial charge in [-0.15, -0.1) is 0 Å². The first kappa shape index (κ1) is 13.9. The minimum absolute atomic E-state index is 0.198. The van der Waals surface area contributed by atoms with E-state index >= 15 is 0 Å². The van der Waals surface area contributed by atoms with E-state index in [1.165, 1.54) is 0 Å². The molecule has 4 heteroatoms. The summed E-state index contributed by atoms with van der Waals surface area (Å²) in [5, 5.41) is 0. The van der Waals surface area contributed by atoms with Crippen molar-refractivity contribution < 1.29 is 9.53 Å². The number of ether oxygens (including phenoxy) is 1. The van der Waals surface area contributed by atoms with Crippen molar-refractivity contribution in [2.24, 2.45) is 5.73 Å². The van der Waals surface area contributed by atoms with Crippen LogP contribution in [0.25, 0.3) is 0 Å². The average molecular weight is 262 g/mol. The molecule has 0 bridgehead atoms. The van der Waals surface area contributed by atoms with Crippen molar-refractivity contribution in [3.63, 3.8) is 0 Å². The van der Waals surface area contributed by atoms with Crippen molar-refractivity contribution in [3.8, 4) is 5.75 Å². The van der Waals surface area contributed by atoms with Gasteiger partial charge >= 0.3 is 0 Å². The van der Waals surface area contributed by atoms with Crippen LogP contribution >= 0.6 is 0 Å². The molecule has 0 spiro atoms. The topological polar surface area (TPSA) is 55.6 Å². The standard InChI is InChI=1S/C15H22N2O2/c16-10-6-2-1-3-9-15(18)17-11-12-19-14-8-5-4-7-13(14)17/h4-5,7-8H,1-3,6,9-12,16H2. The van der Waals surface area contributed by atoms with Gasteiger partial charge in [0.1, 0.15) is 12.4 Å². The summed E-state index contributed by atoms with van der Waals surface area (Å²) >= 11 is 0. The van der Waals surface area contributed by atoms with Crippen LogP contribution in [0.3, 0.4) is 0 Å². The molecule has 1 heterocycles. The van der Waals surface area contributed by atoms with Gasteiger partial charge in [0.15, 0.2) is 0 Å². The number of rotatable bonds is 6. The Morgan fingerprint density at radius 3 is 2.84 bits per heavy atom. The first-order chi connectivity index (χ1) is 9.33. The quantitative estimate of drug-likeness (QED) is 0.800. The molecule has 1 aromatic carbocycles. The second kappa shape index (κ2) is 7.14. The minimum Gasteiger partial charge on any atom is -0.490 e. The van der Waals surface area contributed by atoms with Crippen molar-refractivity contribution >= 4 is 11.6 Å². The highest BCUT2D eigenvalue weighted by Crippen LogP contribution is 2.31. The fraction of sp³-hybridized carbons (Fsp3) is 0.533. The zero-order valence-corrected chi connectivity index (χ0v) is 11.3. The van der Waals surface area contributed by atoms with Crippen molar-refractivity contribution in [2.45, 2.75) is 32.1 Å². The number of hydrogen-bond acceptors (Lipinski definition) is 3. The number of benzene rings is 1. The lowest BCUT2D eigenvalue weighted by Crippen LogP contribution is -2.37. The predicted molar refractivity (Wildman–Crippen MR) is 76.4 cm³/mol. The molecule has 1 aliphatic rings. The molecule has 0 fully saturated rings. The summed E-state index contributed by atoms with van der Waals surface area (Å²) in [6.07, 6.45) is 4.80. The summed E-state index contributed by atoms with van der Waals surface area (Å²) in [7, 11) is 0. The Bertz CT molecular complexity index is 420. The monoisotopic (exact) mass is 262 g/mol. The van der Waals surface area contributed by atoms with Crippen LogP contribution in [0.5, 0.6) is 5.75 Å². The minimum atomic E-state index is 0.198. The molecular weight excluding hydrogens is 240 g/mol. The van der Waals surface area contributed by atoms with E-state index in [-0.39, 0.29) is 5.91 Å². The van der Waals surface area contributed by atoms with Gasteiger partial charge in [0.25, 0.3) is 0 Å². The lowest BCUT2D eigenvalue weighted by atomic mass is 10.1. The van der Waals surface area contributed by atoms with Crippen LogP contribution in [0, 0.1) is 0 Å². The summed E-state index contributed by atoms with van der Waals surface area (Å²) in [5.41, 5.74) is 6.35. The van der Waals surface area contributed by atoms with E-state index in [2.05, 4.69) is 0 Å². The van der Waals surface area contributed by atoms with Crippen LogP contribution in [-0.2, 0) is 4.79 Å². The van der Waals surface area contributed by atoms with Crippen LogP contribution in [0.4, 0.5) is 5.69 Å². The SMILES string of the molecule is NCCCCCCC(=O)N1CCOc2ccccc21. The number of amides is 1. The molecule has 0 aliphatic carbocycles. The zero-order chi connectivity index (χ0) is 13.5. The first-order valence-electron chi connectivity index (χ1n) is 7.05. The maximum absolute atomic E-state index is 12.2. The average Bonchev–Trinajstić information content (AvgIpc) is 2.46. The van der Waals surface area contributed by atoms with E-state index in [4.69, 9.17) is 10.5 Å². The molecule has 4 nitrogen and oxygen atoms in total. The molecule has 2 rings (SSSR count). The van der Waals surface area contributed by atoms with Gasteiger partial charge in [-0.25, -0.2) is 0 Å². The molecule has 104 valence electrons. The Morgan fingerprint density at radius 2 is 2.00 bits per heavy atom. The van der Waals surface area contributed by atoms with Gasteiger partial charge in [0.05, 0.1) is 12.2 Å². The third-order valence-electron chi connectivity index (χ3n) is 3.37. The zero-order valence-electron chi connectivity index (χ0n) is 11.3. The van der Waals surface area contributed by atoms with E-state index in [0.29, 0.717) is 19.6 Å². The van der Waals surface area contributed by atoms with Crippen molar-refractivity contribution in [3.05, 3.63) is 24.3 Å². The fourth-order valence-corrected chi connectivity index (χ4v) is 2.34. The molecule has 0 saturated carbocycles. The van der Waals surface area contributed by atoms with Crippen LogP contribution in [0.15, 0.2) is 24.3 Å². The van der Waals surface area contributed by atoms with Crippen molar-refractivity contribution in [1.82, 2.24) is 0 Å². The number of nitrogens with zero attached hydrogens (tertiary/aromatic N) is 1. The summed E-state index contributed by atoms with van der Waals surface area (Å²) in [5.74, 6) is 1.01. The van der Waals surface area contributed by atoms with Crippen LogP contribution in [0.2, 0.25) is 0 Å². The van der Waals surface area contributed by atoms with E-state index in [1.54, 1.807) is 0 Å². The molecule has 0 unspecified atom stereocenters. The molecule has 1 aromatic rings. The van der Waals surface area contributed by atoms with E-state index in [0.717, 1.165) is 43.7 Å². The molecule has 0 radical (unpaired) electrons. The number of nitrogens with two attached hydrogens (primary N) is 1. The van der Waals surface area contributed by atoms with E-state index in [1.807, 2.05) is 29.2 Å². The van der Waals surface area contributed by atoms with Gasteiger partial charge < -0.3 is 15.4 Å². The maximum Gasteiger partial charge on any atom is 0.227 e. The highest BCUT2D eigenvalue weighted by molar-refractivity contribution is 5.95. The molecule has 0 saturated heterocycles. The molecule has 0 atom stereocenters. The number of carbonyl (C=O) groups excluding carboxylic acids is 1. The number of fused-ring (bicyclic) bond motifs is 1. The first-order valence-corrected chi connectivity index (χ1v) is 7.05. The molecular formula is C15H22N2O2. The second-order valence-electron chi connectivity index (χ2n) is 4.81. The lowest BCUT2D eigenvalue weighted by Gasteiger charge is -2.29. The van der Waals surface area contributed by atoms with Crippen molar-refractivity contribution in [2.75, 3.05) is 24.6 Å². The van der Waals surface area contributed by atoms with Crippen LogP contribution in [-0.4, -0.2) is 25.6 Å². The Balaban J connectivity index is 1.86. The lowest BCUT2D eigenvalue weighted by molar-refractivity contribution is -0.119. The number of anilines is 1. The van der Waals surface area contributed by atoms with Gasteiger partial charge in [-0.1, -0.05) is 25.0 Å². The van der Waals surface area contributed by atoms with E-state index < -0.39 is 0 Å². The third-order valence-corrected chi connectivity index (χ3v) is 3.37. The number of hydrogen-bond donors (Lipinski definition) is 1. The summed E-state index contributed by atoms with van der Waals surface area (Å²) in [6, 6.07) is 7.73. The van der Waals surface area contributed by atoms with E-state index in [9.17, 15) is 4.79 Å². The smallest absolute Gasteiger partial charge is 0.227 e. The summed E-state index contributed by atoms with van der Waals surface area (Å²) in [4.78, 5) is 14.1. The number of unbranched alkanes of at least 4 members (excludes halogenated alkanes) is 3. The van der Waals surface area contributed by atoms with Crippen molar-refractivity contribution in [1.29, 1.82) is 0 Å². The highest BCUT2D eigenvalue weighted by atomic mass is 16.5. The van der Waals surface area contributed by atoms with Gasteiger partial charge in [0, 0.05) is 6.42 Å². The molecule has 1 aliphatic heterocycles. The Labute approximate surface area is 114 Å². The number of para-hydroxylation sites is 2. The van der Waals surface area contributed by atoms with Gasteiger partial charge in [0.2, 0.25) is 5.91 Å². The number of carbonyl (C=O) groups is 1. The Hall–Kier alpha value is -1.55. The normalized spacial score (nSPS) is 13.8. The Morgan fingerprint density at radius 1 is 1.21 bits per heavy atom. The Kier molecular flexibility index (Phi) is 5.21. The maximum atomic E-state index is 12.2. The highest BCUT2D eigenvalue weighted by Gasteiger charge is 2.22. The summed E-state index contributed by atoms with van der Waals surface area (Å²) < 4.78 is 5.55. The van der Waals surface area contributed by atoms with Gasteiger partial charge in [-0.2, -0.15) is 0 Å². The molecule has 0 aromatic heterocycles. The second-order valence-corrected chi connectivity index (χ2v) is 4.81.